The van der Waals surface area contributed by atoms with Gasteiger partial charge in [0.1, 0.15) is 17.0 Å². The molecule has 7 heteroatoms. The molecule has 1 aromatic carbocycles. The van der Waals surface area contributed by atoms with Crippen molar-refractivity contribution in [3.63, 3.8) is 0 Å². The lowest BCUT2D eigenvalue weighted by atomic mass is 10.0. The minimum Gasteiger partial charge on any atom is -0.506 e. The summed E-state index contributed by atoms with van der Waals surface area (Å²) in [4.78, 5) is 11.9. The number of hydrogen-bond donors (Lipinski definition) is 2. The molecule has 0 aliphatic rings. The molecule has 0 spiro atoms. The van der Waals surface area contributed by atoms with Gasteiger partial charge in [0.15, 0.2) is 0 Å². The SMILES string of the molecule is CCOC(=O)C(C(=N)C(Cl)(Cl)Cl)=C(O)c1ccccc1. The zero-order valence-electron chi connectivity index (χ0n) is 10.5. The molecule has 0 aliphatic heterocycles. The second-order valence-electron chi connectivity index (χ2n) is 3.68. The lowest BCUT2D eigenvalue weighted by Gasteiger charge is -2.16. The van der Waals surface area contributed by atoms with E-state index in [0.29, 0.717) is 5.56 Å². The summed E-state index contributed by atoms with van der Waals surface area (Å²) in [5.41, 5.74) is -0.810. The fraction of sp³-hybridized carbons (Fsp3) is 0.231. The molecular weight excluding hydrogens is 325 g/mol. The van der Waals surface area contributed by atoms with Gasteiger partial charge in [-0.3, -0.25) is 5.41 Å². The molecule has 20 heavy (non-hydrogen) atoms. The van der Waals surface area contributed by atoms with Crippen LogP contribution in [0, 0.1) is 5.41 Å². The lowest BCUT2D eigenvalue weighted by Crippen LogP contribution is -2.27. The van der Waals surface area contributed by atoms with Gasteiger partial charge in [0.2, 0.25) is 3.79 Å². The van der Waals surface area contributed by atoms with Crippen molar-refractivity contribution in [2.24, 2.45) is 0 Å². The largest absolute Gasteiger partial charge is 0.506 e. The van der Waals surface area contributed by atoms with E-state index in [4.69, 9.17) is 44.9 Å². The number of nitrogens with one attached hydrogen (secondary N) is 1. The molecule has 0 saturated heterocycles. The van der Waals surface area contributed by atoms with Crippen molar-refractivity contribution < 1.29 is 14.6 Å². The van der Waals surface area contributed by atoms with Crippen LogP contribution >= 0.6 is 34.8 Å². The average Bonchev–Trinajstić information content (AvgIpc) is 2.39. The Morgan fingerprint density at radius 1 is 1.30 bits per heavy atom. The summed E-state index contributed by atoms with van der Waals surface area (Å²) < 4.78 is 2.64. The van der Waals surface area contributed by atoms with E-state index in [0.717, 1.165) is 0 Å². The van der Waals surface area contributed by atoms with Gasteiger partial charge in [0.25, 0.3) is 0 Å². The highest BCUT2D eigenvalue weighted by Crippen LogP contribution is 2.33. The molecule has 108 valence electrons. The molecule has 1 aromatic rings. The number of hydrogen-bond acceptors (Lipinski definition) is 4. The molecule has 0 radical (unpaired) electrons. The third-order valence-electron chi connectivity index (χ3n) is 2.30. The molecule has 1 rings (SSSR count). The maximum atomic E-state index is 11.9. The molecule has 0 heterocycles. The summed E-state index contributed by atoms with van der Waals surface area (Å²) >= 11 is 16.8. The van der Waals surface area contributed by atoms with Gasteiger partial charge >= 0.3 is 5.97 Å². The van der Waals surface area contributed by atoms with Gasteiger partial charge in [-0.25, -0.2) is 4.79 Å². The zero-order valence-corrected chi connectivity index (χ0v) is 12.8. The summed E-state index contributed by atoms with van der Waals surface area (Å²) in [6, 6.07) is 8.17. The monoisotopic (exact) mass is 335 g/mol. The van der Waals surface area contributed by atoms with E-state index in [1.54, 1.807) is 37.3 Å². The zero-order chi connectivity index (χ0) is 15.3. The molecule has 0 amide bonds. The van der Waals surface area contributed by atoms with Gasteiger partial charge in [-0.05, 0) is 6.92 Å². The highest BCUT2D eigenvalue weighted by Gasteiger charge is 2.35. The lowest BCUT2D eigenvalue weighted by molar-refractivity contribution is -0.137. The van der Waals surface area contributed by atoms with Crippen molar-refractivity contribution in [1.29, 1.82) is 5.41 Å². The topological polar surface area (TPSA) is 70.4 Å². The maximum Gasteiger partial charge on any atom is 0.343 e. The van der Waals surface area contributed by atoms with Crippen LogP contribution in [0.1, 0.15) is 12.5 Å². The van der Waals surface area contributed by atoms with Gasteiger partial charge in [-0.2, -0.15) is 0 Å². The molecule has 0 bridgehead atoms. The number of aliphatic hydroxyl groups is 1. The molecule has 4 nitrogen and oxygen atoms in total. The van der Waals surface area contributed by atoms with Gasteiger partial charge in [-0.1, -0.05) is 65.1 Å². The third-order valence-corrected chi connectivity index (χ3v) is 2.86. The number of rotatable bonds is 4. The molecule has 0 saturated carbocycles. The second-order valence-corrected chi connectivity index (χ2v) is 5.96. The van der Waals surface area contributed by atoms with E-state index in [-0.39, 0.29) is 6.61 Å². The summed E-state index contributed by atoms with van der Waals surface area (Å²) in [6.07, 6.45) is 0. The van der Waals surface area contributed by atoms with Crippen LogP contribution in [0.2, 0.25) is 0 Å². The van der Waals surface area contributed by atoms with Crippen LogP contribution in [0.5, 0.6) is 0 Å². The van der Waals surface area contributed by atoms with Crippen molar-refractivity contribution in [3.05, 3.63) is 41.5 Å². The first kappa shape index (κ1) is 16.8. The highest BCUT2D eigenvalue weighted by atomic mass is 35.6. The number of aliphatic hydroxyl groups excluding tert-OH is 1. The van der Waals surface area contributed by atoms with Crippen molar-refractivity contribution in [1.82, 2.24) is 0 Å². The fourth-order valence-electron chi connectivity index (χ4n) is 1.40. The quantitative estimate of drug-likeness (QED) is 0.288. The molecule has 0 atom stereocenters. The molecule has 0 aliphatic carbocycles. The van der Waals surface area contributed by atoms with E-state index in [9.17, 15) is 9.90 Å². The average molecular weight is 337 g/mol. The smallest absolute Gasteiger partial charge is 0.343 e. The van der Waals surface area contributed by atoms with Crippen molar-refractivity contribution in [2.75, 3.05) is 6.61 Å². The van der Waals surface area contributed by atoms with E-state index >= 15 is 0 Å². The first-order valence-corrected chi connectivity index (χ1v) is 6.74. The Balaban J connectivity index is 3.37. The molecular formula is C13H12Cl3NO3. The van der Waals surface area contributed by atoms with E-state index < -0.39 is 26.8 Å². The number of ether oxygens (including phenoxy) is 1. The summed E-state index contributed by atoms with van der Waals surface area (Å²) in [7, 11) is 0. The van der Waals surface area contributed by atoms with Crippen LogP contribution in [0.4, 0.5) is 0 Å². The molecule has 0 aromatic heterocycles. The Morgan fingerprint density at radius 2 is 1.85 bits per heavy atom. The van der Waals surface area contributed by atoms with Crippen LogP contribution < -0.4 is 0 Å². The van der Waals surface area contributed by atoms with Crippen molar-refractivity contribution in [2.45, 2.75) is 10.7 Å². The van der Waals surface area contributed by atoms with Gasteiger partial charge in [0.05, 0.1) is 6.61 Å². The second kappa shape index (κ2) is 6.97. The summed E-state index contributed by atoms with van der Waals surface area (Å²) in [6.45, 7) is 1.66. The number of esters is 1. The third kappa shape index (κ3) is 4.13. The van der Waals surface area contributed by atoms with E-state index in [1.165, 1.54) is 0 Å². The van der Waals surface area contributed by atoms with E-state index in [2.05, 4.69) is 0 Å². The van der Waals surface area contributed by atoms with Crippen LogP contribution in [0.25, 0.3) is 5.76 Å². The Labute approximate surface area is 131 Å². The Hall–Kier alpha value is -1.23. The van der Waals surface area contributed by atoms with Crippen molar-refractivity contribution in [3.8, 4) is 0 Å². The van der Waals surface area contributed by atoms with Gasteiger partial charge in [-0.15, -0.1) is 0 Å². The standard InChI is InChI=1S/C13H12Cl3NO3/c1-2-20-12(19)9(11(17)13(14,15)16)10(18)8-6-4-3-5-7-8/h3-7,17-18H,2H2,1H3. The summed E-state index contributed by atoms with van der Waals surface area (Å²) in [5.74, 6) is -1.40. The molecule has 0 unspecified atom stereocenters. The molecule has 2 N–H and O–H groups in total. The number of carbonyl (C=O) groups is 1. The minimum atomic E-state index is -2.15. The Kier molecular flexibility index (Phi) is 5.87. The maximum absolute atomic E-state index is 11.9. The predicted molar refractivity (Wildman–Crippen MR) is 80.6 cm³/mol. The van der Waals surface area contributed by atoms with Crippen LogP contribution in [0.15, 0.2) is 35.9 Å². The van der Waals surface area contributed by atoms with E-state index in [1.807, 2.05) is 0 Å². The van der Waals surface area contributed by atoms with Crippen LogP contribution in [-0.4, -0.2) is 27.2 Å². The minimum absolute atomic E-state index is 0.0670. The van der Waals surface area contributed by atoms with Gasteiger partial charge < -0.3 is 9.84 Å². The Morgan fingerprint density at radius 3 is 2.30 bits per heavy atom. The van der Waals surface area contributed by atoms with Gasteiger partial charge in [0, 0.05) is 5.56 Å². The first-order chi connectivity index (χ1) is 9.29. The highest BCUT2D eigenvalue weighted by molar-refractivity contribution is 6.78. The Bertz CT molecular complexity index is 536. The summed E-state index contributed by atoms with van der Waals surface area (Å²) in [5, 5.41) is 17.9. The van der Waals surface area contributed by atoms with Crippen LogP contribution in [0.3, 0.4) is 0 Å². The number of halogens is 3. The van der Waals surface area contributed by atoms with Crippen molar-refractivity contribution >= 4 is 52.2 Å². The first-order valence-electron chi connectivity index (χ1n) is 5.61. The number of carbonyl (C=O) groups excluding carboxylic acids is 1. The van der Waals surface area contributed by atoms with Crippen LogP contribution in [-0.2, 0) is 9.53 Å². The number of benzene rings is 1. The normalized spacial score (nSPS) is 12.6. The number of alkyl halides is 3. The predicted octanol–water partition coefficient (Wildman–Crippen LogP) is 3.91. The fourth-order valence-corrected chi connectivity index (χ4v) is 1.69. The molecule has 0 fully saturated rings.